The topological polar surface area (TPSA) is 33.3 Å². The number of hydrogen-bond donors (Lipinski definition) is 2. The van der Waals surface area contributed by atoms with E-state index in [2.05, 4.69) is 41.8 Å². The Bertz CT molecular complexity index is 386. The number of allylic oxidation sites excluding steroid dienone is 1. The Morgan fingerprint density at radius 3 is 2.65 bits per heavy atom. The molecule has 3 heteroatoms. The molecule has 0 spiro atoms. The lowest BCUT2D eigenvalue weighted by molar-refractivity contribution is 0.416. The van der Waals surface area contributed by atoms with Crippen molar-refractivity contribution in [3.8, 4) is 5.75 Å². The van der Waals surface area contributed by atoms with Crippen molar-refractivity contribution >= 4 is 11.3 Å². The summed E-state index contributed by atoms with van der Waals surface area (Å²) in [5, 5.41) is 6.29. The van der Waals surface area contributed by atoms with Gasteiger partial charge in [0.05, 0.1) is 12.8 Å². The van der Waals surface area contributed by atoms with Crippen LogP contribution < -0.4 is 15.4 Å². The van der Waals surface area contributed by atoms with Crippen LogP contribution in [-0.2, 0) is 0 Å². The largest absolute Gasteiger partial charge is 0.495 e. The number of nitrogens with one attached hydrogen (secondary N) is 2. The highest BCUT2D eigenvalue weighted by molar-refractivity contribution is 5.70. The SMILES string of the molecule is C/C=C(\CCNC)c1ccc(NC)c(OC)c1. The van der Waals surface area contributed by atoms with Crippen LogP contribution in [0.5, 0.6) is 5.75 Å². The van der Waals surface area contributed by atoms with Gasteiger partial charge in [0, 0.05) is 7.05 Å². The molecule has 3 nitrogen and oxygen atoms in total. The van der Waals surface area contributed by atoms with Gasteiger partial charge in [-0.05, 0) is 50.2 Å². The molecule has 2 N–H and O–H groups in total. The van der Waals surface area contributed by atoms with Crippen LogP contribution in [-0.4, -0.2) is 27.7 Å². The van der Waals surface area contributed by atoms with E-state index < -0.39 is 0 Å². The van der Waals surface area contributed by atoms with Crippen molar-refractivity contribution in [2.24, 2.45) is 0 Å². The second-order valence-corrected chi connectivity index (χ2v) is 3.83. The number of benzene rings is 1. The van der Waals surface area contributed by atoms with Gasteiger partial charge in [0.2, 0.25) is 0 Å². The van der Waals surface area contributed by atoms with Crippen LogP contribution in [0.15, 0.2) is 24.3 Å². The van der Waals surface area contributed by atoms with Gasteiger partial charge < -0.3 is 15.4 Å². The van der Waals surface area contributed by atoms with Crippen LogP contribution in [0.4, 0.5) is 5.69 Å². The molecule has 17 heavy (non-hydrogen) atoms. The van der Waals surface area contributed by atoms with Crippen molar-refractivity contribution in [1.29, 1.82) is 0 Å². The van der Waals surface area contributed by atoms with E-state index in [0.717, 1.165) is 24.4 Å². The van der Waals surface area contributed by atoms with Gasteiger partial charge in [0.1, 0.15) is 5.75 Å². The van der Waals surface area contributed by atoms with E-state index in [1.807, 2.05) is 14.1 Å². The molecule has 1 aromatic carbocycles. The van der Waals surface area contributed by atoms with Crippen molar-refractivity contribution in [1.82, 2.24) is 5.32 Å². The smallest absolute Gasteiger partial charge is 0.142 e. The van der Waals surface area contributed by atoms with Gasteiger partial charge in [-0.3, -0.25) is 0 Å². The Morgan fingerprint density at radius 1 is 1.35 bits per heavy atom. The van der Waals surface area contributed by atoms with Crippen LogP contribution in [0.25, 0.3) is 5.57 Å². The van der Waals surface area contributed by atoms with Crippen LogP contribution >= 0.6 is 0 Å². The van der Waals surface area contributed by atoms with Crippen molar-refractivity contribution < 1.29 is 4.74 Å². The van der Waals surface area contributed by atoms with Gasteiger partial charge in [-0.1, -0.05) is 12.1 Å². The fraction of sp³-hybridized carbons (Fsp3) is 0.429. The van der Waals surface area contributed by atoms with Crippen LogP contribution in [0, 0.1) is 0 Å². The molecular formula is C14H22N2O. The molecule has 0 saturated carbocycles. The van der Waals surface area contributed by atoms with Crippen molar-refractivity contribution in [2.75, 3.05) is 33.1 Å². The molecule has 0 bridgehead atoms. The third kappa shape index (κ3) is 3.49. The minimum absolute atomic E-state index is 0.883. The summed E-state index contributed by atoms with van der Waals surface area (Å²) in [5.74, 6) is 0.883. The lowest BCUT2D eigenvalue weighted by atomic mass is 10.0. The average Bonchev–Trinajstić information content (AvgIpc) is 2.39. The number of rotatable bonds is 6. The van der Waals surface area contributed by atoms with Crippen LogP contribution in [0.2, 0.25) is 0 Å². The second kappa shape index (κ2) is 6.97. The minimum Gasteiger partial charge on any atom is -0.495 e. The van der Waals surface area contributed by atoms with Crippen molar-refractivity contribution in [2.45, 2.75) is 13.3 Å². The van der Waals surface area contributed by atoms with Crippen LogP contribution in [0.3, 0.4) is 0 Å². The molecular weight excluding hydrogens is 212 g/mol. The summed E-state index contributed by atoms with van der Waals surface area (Å²) in [5.41, 5.74) is 3.57. The summed E-state index contributed by atoms with van der Waals surface area (Å²) >= 11 is 0. The van der Waals surface area contributed by atoms with Gasteiger partial charge in [-0.2, -0.15) is 0 Å². The van der Waals surface area contributed by atoms with Gasteiger partial charge >= 0.3 is 0 Å². The molecule has 0 atom stereocenters. The Balaban J connectivity index is 2.97. The van der Waals surface area contributed by atoms with E-state index in [1.165, 1.54) is 11.1 Å². The van der Waals surface area contributed by atoms with E-state index in [9.17, 15) is 0 Å². The van der Waals surface area contributed by atoms with Gasteiger partial charge in [0.25, 0.3) is 0 Å². The molecule has 0 aliphatic heterocycles. The van der Waals surface area contributed by atoms with Crippen molar-refractivity contribution in [3.63, 3.8) is 0 Å². The molecule has 0 heterocycles. The third-order valence-corrected chi connectivity index (χ3v) is 2.83. The Kier molecular flexibility index (Phi) is 5.57. The quantitative estimate of drug-likeness (QED) is 0.794. The molecule has 1 rings (SSSR count). The number of hydrogen-bond acceptors (Lipinski definition) is 3. The lowest BCUT2D eigenvalue weighted by Crippen LogP contribution is -2.08. The first kappa shape index (κ1) is 13.6. The summed E-state index contributed by atoms with van der Waals surface area (Å²) in [6.45, 7) is 3.05. The maximum Gasteiger partial charge on any atom is 0.142 e. The summed E-state index contributed by atoms with van der Waals surface area (Å²) in [6.07, 6.45) is 3.18. The van der Waals surface area contributed by atoms with E-state index >= 15 is 0 Å². The summed E-state index contributed by atoms with van der Waals surface area (Å²) in [7, 11) is 5.57. The first-order valence-electron chi connectivity index (χ1n) is 5.92. The molecule has 94 valence electrons. The number of methoxy groups -OCH3 is 1. The molecule has 0 amide bonds. The fourth-order valence-corrected chi connectivity index (χ4v) is 1.81. The molecule has 1 aromatic rings. The summed E-state index contributed by atoms with van der Waals surface area (Å²) in [6, 6.07) is 6.26. The Labute approximate surface area is 104 Å². The van der Waals surface area contributed by atoms with E-state index in [-0.39, 0.29) is 0 Å². The zero-order valence-corrected chi connectivity index (χ0v) is 11.1. The fourth-order valence-electron chi connectivity index (χ4n) is 1.81. The Morgan fingerprint density at radius 2 is 2.12 bits per heavy atom. The molecule has 0 aliphatic rings. The monoisotopic (exact) mass is 234 g/mol. The highest BCUT2D eigenvalue weighted by Gasteiger charge is 2.05. The standard InChI is InChI=1S/C14H22N2O/c1-5-11(8-9-15-2)12-6-7-13(16-3)14(10-12)17-4/h5-7,10,15-16H,8-9H2,1-4H3/b11-5+. The minimum atomic E-state index is 0.883. The lowest BCUT2D eigenvalue weighted by Gasteiger charge is -2.12. The average molecular weight is 234 g/mol. The van der Waals surface area contributed by atoms with Crippen LogP contribution in [0.1, 0.15) is 18.9 Å². The van der Waals surface area contributed by atoms with Gasteiger partial charge in [0.15, 0.2) is 0 Å². The maximum atomic E-state index is 5.37. The zero-order valence-electron chi connectivity index (χ0n) is 11.1. The first-order chi connectivity index (χ1) is 8.26. The van der Waals surface area contributed by atoms with Gasteiger partial charge in [-0.15, -0.1) is 0 Å². The predicted octanol–water partition coefficient (Wildman–Crippen LogP) is 2.75. The molecule has 0 fully saturated rings. The van der Waals surface area contributed by atoms with Gasteiger partial charge in [-0.25, -0.2) is 0 Å². The zero-order chi connectivity index (χ0) is 12.7. The van der Waals surface area contributed by atoms with E-state index in [4.69, 9.17) is 4.74 Å². The highest BCUT2D eigenvalue weighted by atomic mass is 16.5. The molecule has 0 radical (unpaired) electrons. The number of anilines is 1. The molecule has 0 unspecified atom stereocenters. The summed E-state index contributed by atoms with van der Waals surface area (Å²) in [4.78, 5) is 0. The maximum absolute atomic E-state index is 5.37. The Hall–Kier alpha value is -1.48. The number of ether oxygens (including phenoxy) is 1. The predicted molar refractivity (Wildman–Crippen MR) is 74.7 cm³/mol. The molecule has 0 aliphatic carbocycles. The van der Waals surface area contributed by atoms with Crippen molar-refractivity contribution in [3.05, 3.63) is 29.8 Å². The normalized spacial score (nSPS) is 11.4. The third-order valence-electron chi connectivity index (χ3n) is 2.83. The molecule has 0 aromatic heterocycles. The highest BCUT2D eigenvalue weighted by Crippen LogP contribution is 2.29. The second-order valence-electron chi connectivity index (χ2n) is 3.83. The van der Waals surface area contributed by atoms with E-state index in [1.54, 1.807) is 7.11 Å². The molecule has 0 saturated heterocycles. The summed E-state index contributed by atoms with van der Waals surface area (Å²) < 4.78 is 5.37. The van der Waals surface area contributed by atoms with E-state index in [0.29, 0.717) is 0 Å². The first-order valence-corrected chi connectivity index (χ1v) is 5.92.